The van der Waals surface area contributed by atoms with Crippen molar-refractivity contribution in [3.05, 3.63) is 59.5 Å². The summed E-state index contributed by atoms with van der Waals surface area (Å²) in [5.41, 5.74) is 5.04. The monoisotopic (exact) mass is 327 g/mol. The molecule has 1 aromatic carbocycles. The van der Waals surface area contributed by atoms with Crippen molar-refractivity contribution >= 4 is 17.5 Å². The average molecular weight is 327 g/mol. The standard InChI is InChI=1S/C18H21N3O3/c1-3-5-14-7-9-15(10-8-14)13(2)20-21-18(23)17(22)19-12-16-6-4-11-24-16/h4,6-11H,3,5,12H2,1-2H3,(H,19,22)(H,21,23)/b20-13-. The smallest absolute Gasteiger partial charge is 0.329 e. The number of carbonyl (C=O) groups is 2. The Kier molecular flexibility index (Phi) is 6.31. The average Bonchev–Trinajstić information content (AvgIpc) is 3.11. The maximum atomic E-state index is 11.7. The minimum Gasteiger partial charge on any atom is -0.467 e. The maximum absolute atomic E-state index is 11.7. The normalized spacial score (nSPS) is 11.2. The lowest BCUT2D eigenvalue weighted by atomic mass is 10.1. The molecule has 1 heterocycles. The Morgan fingerprint density at radius 3 is 2.50 bits per heavy atom. The first-order valence-corrected chi connectivity index (χ1v) is 7.84. The van der Waals surface area contributed by atoms with Crippen LogP contribution in [0.4, 0.5) is 0 Å². The minimum absolute atomic E-state index is 0.154. The Hall–Kier alpha value is -2.89. The van der Waals surface area contributed by atoms with E-state index >= 15 is 0 Å². The number of hydrogen-bond donors (Lipinski definition) is 2. The van der Waals surface area contributed by atoms with Crippen LogP contribution in [0.2, 0.25) is 0 Å². The number of benzene rings is 1. The molecule has 0 aliphatic carbocycles. The summed E-state index contributed by atoms with van der Waals surface area (Å²) in [6, 6.07) is 11.4. The number of hydrazone groups is 1. The molecule has 0 saturated carbocycles. The molecule has 126 valence electrons. The molecule has 0 spiro atoms. The highest BCUT2D eigenvalue weighted by atomic mass is 16.3. The van der Waals surface area contributed by atoms with Gasteiger partial charge < -0.3 is 9.73 Å². The van der Waals surface area contributed by atoms with Crippen molar-refractivity contribution in [1.29, 1.82) is 0 Å². The second-order valence-electron chi connectivity index (χ2n) is 5.35. The highest BCUT2D eigenvalue weighted by Gasteiger charge is 2.13. The summed E-state index contributed by atoms with van der Waals surface area (Å²) in [5, 5.41) is 6.42. The number of nitrogens with zero attached hydrogens (tertiary/aromatic N) is 1. The summed E-state index contributed by atoms with van der Waals surface area (Å²) in [5.74, 6) is -1.01. The summed E-state index contributed by atoms with van der Waals surface area (Å²) in [6.07, 6.45) is 3.62. The Morgan fingerprint density at radius 2 is 1.88 bits per heavy atom. The van der Waals surface area contributed by atoms with Crippen LogP contribution < -0.4 is 10.7 Å². The molecule has 0 aliphatic rings. The third-order valence-corrected chi connectivity index (χ3v) is 3.45. The molecule has 2 amide bonds. The first kappa shape index (κ1) is 17.5. The SMILES string of the molecule is CCCc1ccc(/C(C)=N\NC(=O)C(=O)NCc2ccco2)cc1. The van der Waals surface area contributed by atoms with E-state index in [4.69, 9.17) is 4.42 Å². The van der Waals surface area contributed by atoms with Crippen LogP contribution in [-0.2, 0) is 22.6 Å². The maximum Gasteiger partial charge on any atom is 0.329 e. The lowest BCUT2D eigenvalue weighted by Gasteiger charge is -2.05. The molecular formula is C18H21N3O3. The van der Waals surface area contributed by atoms with E-state index in [2.05, 4.69) is 22.8 Å². The van der Waals surface area contributed by atoms with Gasteiger partial charge in [0.15, 0.2) is 0 Å². The molecule has 0 unspecified atom stereocenters. The van der Waals surface area contributed by atoms with Gasteiger partial charge in [-0.05, 0) is 36.6 Å². The highest BCUT2D eigenvalue weighted by molar-refractivity contribution is 6.35. The number of carbonyl (C=O) groups excluding carboxylic acids is 2. The molecule has 2 N–H and O–H groups in total. The van der Waals surface area contributed by atoms with E-state index in [1.165, 1.54) is 11.8 Å². The first-order chi connectivity index (χ1) is 11.6. The zero-order valence-electron chi connectivity index (χ0n) is 13.8. The quantitative estimate of drug-likeness (QED) is 0.485. The van der Waals surface area contributed by atoms with Crippen molar-refractivity contribution in [3.8, 4) is 0 Å². The molecule has 0 saturated heterocycles. The van der Waals surface area contributed by atoms with E-state index in [9.17, 15) is 9.59 Å². The molecule has 1 aromatic heterocycles. The van der Waals surface area contributed by atoms with Gasteiger partial charge >= 0.3 is 11.8 Å². The van der Waals surface area contributed by atoms with Gasteiger partial charge in [0.25, 0.3) is 0 Å². The molecule has 0 fully saturated rings. The van der Waals surface area contributed by atoms with Gasteiger partial charge in [0.1, 0.15) is 5.76 Å². The number of hydrogen-bond acceptors (Lipinski definition) is 4. The van der Waals surface area contributed by atoms with E-state index in [1.807, 2.05) is 24.3 Å². The molecule has 0 atom stereocenters. The molecule has 0 bridgehead atoms. The van der Waals surface area contributed by atoms with Gasteiger partial charge in [-0.3, -0.25) is 9.59 Å². The van der Waals surface area contributed by atoms with Gasteiger partial charge in [-0.15, -0.1) is 0 Å². The lowest BCUT2D eigenvalue weighted by Crippen LogP contribution is -2.37. The van der Waals surface area contributed by atoms with Gasteiger partial charge in [0.05, 0.1) is 18.5 Å². The largest absolute Gasteiger partial charge is 0.467 e. The molecule has 6 nitrogen and oxygen atoms in total. The van der Waals surface area contributed by atoms with Crippen molar-refractivity contribution in [2.45, 2.75) is 33.2 Å². The van der Waals surface area contributed by atoms with Gasteiger partial charge in [-0.25, -0.2) is 5.43 Å². The molecular weight excluding hydrogens is 306 g/mol. The first-order valence-electron chi connectivity index (χ1n) is 7.84. The van der Waals surface area contributed by atoms with Crippen LogP contribution in [0.3, 0.4) is 0 Å². The fraction of sp³-hybridized carbons (Fsp3) is 0.278. The van der Waals surface area contributed by atoms with Crippen LogP contribution in [0.5, 0.6) is 0 Å². The highest BCUT2D eigenvalue weighted by Crippen LogP contribution is 2.07. The third-order valence-electron chi connectivity index (χ3n) is 3.45. The summed E-state index contributed by atoms with van der Waals surface area (Å²) in [6.45, 7) is 4.06. The van der Waals surface area contributed by atoms with Crippen LogP contribution >= 0.6 is 0 Å². The van der Waals surface area contributed by atoms with Crippen molar-refractivity contribution in [2.24, 2.45) is 5.10 Å². The Balaban J connectivity index is 1.86. The second-order valence-corrected chi connectivity index (χ2v) is 5.35. The van der Waals surface area contributed by atoms with Gasteiger partial charge in [-0.2, -0.15) is 5.10 Å². The number of rotatable bonds is 6. The van der Waals surface area contributed by atoms with Crippen LogP contribution in [0.25, 0.3) is 0 Å². The summed E-state index contributed by atoms with van der Waals surface area (Å²) >= 11 is 0. The summed E-state index contributed by atoms with van der Waals surface area (Å²) in [7, 11) is 0. The van der Waals surface area contributed by atoms with E-state index in [1.54, 1.807) is 19.1 Å². The zero-order valence-corrected chi connectivity index (χ0v) is 13.8. The zero-order chi connectivity index (χ0) is 17.4. The Bertz CT molecular complexity index is 704. The Labute approximate surface area is 140 Å². The molecule has 2 rings (SSSR count). The van der Waals surface area contributed by atoms with Gasteiger partial charge in [0.2, 0.25) is 0 Å². The van der Waals surface area contributed by atoms with Crippen molar-refractivity contribution in [1.82, 2.24) is 10.7 Å². The van der Waals surface area contributed by atoms with Gasteiger partial charge in [-0.1, -0.05) is 37.6 Å². The van der Waals surface area contributed by atoms with E-state index < -0.39 is 11.8 Å². The van der Waals surface area contributed by atoms with E-state index in [0.29, 0.717) is 11.5 Å². The molecule has 24 heavy (non-hydrogen) atoms. The number of nitrogens with one attached hydrogen (secondary N) is 2. The lowest BCUT2D eigenvalue weighted by molar-refractivity contribution is -0.139. The predicted octanol–water partition coefficient (Wildman–Crippen LogP) is 2.39. The summed E-state index contributed by atoms with van der Waals surface area (Å²) in [4.78, 5) is 23.4. The number of amides is 2. The summed E-state index contributed by atoms with van der Waals surface area (Å²) < 4.78 is 5.07. The van der Waals surface area contributed by atoms with Crippen LogP contribution in [-0.4, -0.2) is 17.5 Å². The van der Waals surface area contributed by atoms with E-state index in [0.717, 1.165) is 18.4 Å². The minimum atomic E-state index is -0.816. The molecule has 6 heteroatoms. The fourth-order valence-electron chi connectivity index (χ4n) is 2.11. The molecule has 0 aliphatic heterocycles. The van der Waals surface area contributed by atoms with Crippen LogP contribution in [0, 0.1) is 0 Å². The van der Waals surface area contributed by atoms with Crippen molar-refractivity contribution in [3.63, 3.8) is 0 Å². The van der Waals surface area contributed by atoms with Crippen LogP contribution in [0.1, 0.15) is 37.2 Å². The van der Waals surface area contributed by atoms with Crippen LogP contribution in [0.15, 0.2) is 52.2 Å². The third kappa shape index (κ3) is 5.08. The topological polar surface area (TPSA) is 83.7 Å². The van der Waals surface area contributed by atoms with Crippen molar-refractivity contribution in [2.75, 3.05) is 0 Å². The molecule has 2 aromatic rings. The number of aryl methyl sites for hydroxylation is 1. The van der Waals surface area contributed by atoms with Gasteiger partial charge in [0, 0.05) is 0 Å². The van der Waals surface area contributed by atoms with E-state index in [-0.39, 0.29) is 6.54 Å². The number of furan rings is 1. The predicted molar refractivity (Wildman–Crippen MR) is 91.3 cm³/mol. The second kappa shape index (κ2) is 8.67. The Morgan fingerprint density at radius 1 is 1.12 bits per heavy atom. The molecule has 0 radical (unpaired) electrons. The fourth-order valence-corrected chi connectivity index (χ4v) is 2.11. The van der Waals surface area contributed by atoms with Crippen molar-refractivity contribution < 1.29 is 14.0 Å².